The summed E-state index contributed by atoms with van der Waals surface area (Å²) in [6.07, 6.45) is 0. The van der Waals surface area contributed by atoms with E-state index in [0.717, 1.165) is 6.54 Å². The fourth-order valence-corrected chi connectivity index (χ4v) is 1.61. The molecule has 0 amide bonds. The minimum absolute atomic E-state index is 0.195. The Bertz CT molecular complexity index is 325. The van der Waals surface area contributed by atoms with Gasteiger partial charge in [-0.3, -0.25) is 0 Å². The third-order valence-electron chi connectivity index (χ3n) is 2.77. The van der Waals surface area contributed by atoms with E-state index in [9.17, 15) is 9.50 Å². The van der Waals surface area contributed by atoms with Gasteiger partial charge in [0.05, 0.1) is 0 Å². The molecule has 0 saturated heterocycles. The predicted molar refractivity (Wildman–Crippen MR) is 59.1 cm³/mol. The van der Waals surface area contributed by atoms with Crippen LogP contribution >= 0.6 is 0 Å². The maximum Gasteiger partial charge on any atom is 0.129 e. The third kappa shape index (κ3) is 2.55. The van der Waals surface area contributed by atoms with Crippen LogP contribution in [0.2, 0.25) is 0 Å². The maximum atomic E-state index is 13.5. The Balaban J connectivity index is 2.99. The van der Waals surface area contributed by atoms with E-state index in [0.29, 0.717) is 5.56 Å². The fraction of sp³-hybridized carbons (Fsp3) is 0.500. The quantitative estimate of drug-likeness (QED) is 0.798. The summed E-state index contributed by atoms with van der Waals surface area (Å²) >= 11 is 0. The van der Waals surface area contributed by atoms with Crippen LogP contribution in [0.3, 0.4) is 0 Å². The Labute approximate surface area is 90.1 Å². The Hall–Kier alpha value is -0.930. The van der Waals surface area contributed by atoms with Crippen molar-refractivity contribution in [3.05, 3.63) is 35.6 Å². The number of hydrogen-bond acceptors (Lipinski definition) is 2. The molecule has 2 unspecified atom stereocenters. The lowest BCUT2D eigenvalue weighted by atomic mass is 9.89. The molecule has 0 saturated carbocycles. The van der Waals surface area contributed by atoms with Gasteiger partial charge in [-0.25, -0.2) is 4.39 Å². The van der Waals surface area contributed by atoms with Gasteiger partial charge in [0, 0.05) is 11.6 Å². The average Bonchev–Trinajstić information content (AvgIpc) is 2.18. The van der Waals surface area contributed by atoms with E-state index in [2.05, 4.69) is 5.32 Å². The molecule has 2 N–H and O–H groups in total. The van der Waals surface area contributed by atoms with E-state index < -0.39 is 5.60 Å². The van der Waals surface area contributed by atoms with Crippen LogP contribution in [0.4, 0.5) is 4.39 Å². The minimum Gasteiger partial charge on any atom is -0.384 e. The molecule has 84 valence electrons. The van der Waals surface area contributed by atoms with E-state index in [1.54, 1.807) is 25.1 Å². The monoisotopic (exact) mass is 211 g/mol. The molecule has 3 heteroatoms. The highest BCUT2D eigenvalue weighted by molar-refractivity contribution is 5.25. The Morgan fingerprint density at radius 1 is 1.47 bits per heavy atom. The van der Waals surface area contributed by atoms with Crippen molar-refractivity contribution in [2.24, 2.45) is 0 Å². The first kappa shape index (κ1) is 12.1. The smallest absolute Gasteiger partial charge is 0.129 e. The van der Waals surface area contributed by atoms with Gasteiger partial charge in [0.1, 0.15) is 11.4 Å². The van der Waals surface area contributed by atoms with E-state index in [-0.39, 0.29) is 11.9 Å². The van der Waals surface area contributed by atoms with Crippen LogP contribution in [-0.4, -0.2) is 17.7 Å². The predicted octanol–water partition coefficient (Wildman–Crippen LogP) is 2.03. The number of rotatable bonds is 4. The van der Waals surface area contributed by atoms with Crippen molar-refractivity contribution in [3.8, 4) is 0 Å². The molecule has 2 nitrogen and oxygen atoms in total. The summed E-state index contributed by atoms with van der Waals surface area (Å²) in [6.45, 7) is 6.16. The standard InChI is InChI=1S/C12H18FNO/c1-4-14-9(2)12(3,15)10-7-5-6-8-11(10)13/h5-9,14-15H,4H2,1-3H3. The SMILES string of the molecule is CCNC(C)C(C)(O)c1ccccc1F. The molecule has 0 fully saturated rings. The first-order chi connectivity index (χ1) is 7.00. The van der Waals surface area contributed by atoms with Crippen molar-refractivity contribution in [3.63, 3.8) is 0 Å². The summed E-state index contributed by atoms with van der Waals surface area (Å²) in [5.41, 5.74) is -0.861. The molecule has 0 spiro atoms. The Morgan fingerprint density at radius 2 is 2.07 bits per heavy atom. The zero-order valence-electron chi connectivity index (χ0n) is 9.42. The summed E-state index contributed by atoms with van der Waals surface area (Å²) in [5, 5.41) is 13.4. The number of aliphatic hydroxyl groups is 1. The number of hydrogen-bond donors (Lipinski definition) is 2. The van der Waals surface area contributed by atoms with Crippen LogP contribution in [0.1, 0.15) is 26.3 Å². The average molecular weight is 211 g/mol. The second-order valence-electron chi connectivity index (χ2n) is 3.91. The number of benzene rings is 1. The topological polar surface area (TPSA) is 32.3 Å². The van der Waals surface area contributed by atoms with E-state index in [4.69, 9.17) is 0 Å². The lowest BCUT2D eigenvalue weighted by Crippen LogP contribution is -2.45. The summed E-state index contributed by atoms with van der Waals surface area (Å²) < 4.78 is 13.5. The molecule has 0 aliphatic rings. The lowest BCUT2D eigenvalue weighted by molar-refractivity contribution is 0.0188. The van der Waals surface area contributed by atoms with Crippen molar-refractivity contribution in [2.75, 3.05) is 6.54 Å². The van der Waals surface area contributed by atoms with Gasteiger partial charge < -0.3 is 10.4 Å². The molecule has 0 bridgehead atoms. The van der Waals surface area contributed by atoms with Crippen LogP contribution in [0.5, 0.6) is 0 Å². The van der Waals surface area contributed by atoms with Crippen LogP contribution in [0.15, 0.2) is 24.3 Å². The van der Waals surface area contributed by atoms with Gasteiger partial charge in [-0.1, -0.05) is 25.1 Å². The number of nitrogens with one attached hydrogen (secondary N) is 1. The fourth-order valence-electron chi connectivity index (χ4n) is 1.61. The zero-order valence-corrected chi connectivity index (χ0v) is 9.42. The van der Waals surface area contributed by atoms with Gasteiger partial charge in [0.15, 0.2) is 0 Å². The molecule has 1 aromatic carbocycles. The summed E-state index contributed by atoms with van der Waals surface area (Å²) in [7, 11) is 0. The van der Waals surface area contributed by atoms with Crippen molar-refractivity contribution >= 4 is 0 Å². The lowest BCUT2D eigenvalue weighted by Gasteiger charge is -2.31. The first-order valence-corrected chi connectivity index (χ1v) is 5.21. The highest BCUT2D eigenvalue weighted by atomic mass is 19.1. The van der Waals surface area contributed by atoms with Crippen molar-refractivity contribution in [1.29, 1.82) is 0 Å². The van der Waals surface area contributed by atoms with Gasteiger partial charge in [-0.05, 0) is 26.5 Å². The van der Waals surface area contributed by atoms with Crippen LogP contribution in [0, 0.1) is 5.82 Å². The van der Waals surface area contributed by atoms with Gasteiger partial charge in [-0.2, -0.15) is 0 Å². The molecule has 0 heterocycles. The van der Waals surface area contributed by atoms with E-state index in [1.807, 2.05) is 13.8 Å². The highest BCUT2D eigenvalue weighted by Crippen LogP contribution is 2.26. The van der Waals surface area contributed by atoms with Crippen molar-refractivity contribution < 1.29 is 9.50 Å². The zero-order chi connectivity index (χ0) is 11.5. The molecule has 2 atom stereocenters. The molecule has 0 aliphatic carbocycles. The first-order valence-electron chi connectivity index (χ1n) is 5.21. The molecule has 1 rings (SSSR count). The Morgan fingerprint density at radius 3 is 2.60 bits per heavy atom. The number of likely N-dealkylation sites (N-methyl/N-ethyl adjacent to an activating group) is 1. The van der Waals surface area contributed by atoms with Crippen LogP contribution < -0.4 is 5.32 Å². The molecule has 0 radical (unpaired) electrons. The molecule has 0 aromatic heterocycles. The maximum absolute atomic E-state index is 13.5. The second-order valence-corrected chi connectivity index (χ2v) is 3.91. The normalized spacial score (nSPS) is 17.1. The molecular weight excluding hydrogens is 193 g/mol. The van der Waals surface area contributed by atoms with E-state index >= 15 is 0 Å². The molecule has 15 heavy (non-hydrogen) atoms. The summed E-state index contributed by atoms with van der Waals surface area (Å²) in [4.78, 5) is 0. The second kappa shape index (κ2) is 4.73. The molecular formula is C12H18FNO. The highest BCUT2D eigenvalue weighted by Gasteiger charge is 2.32. The molecule has 1 aromatic rings. The Kier molecular flexibility index (Phi) is 3.83. The minimum atomic E-state index is -1.19. The van der Waals surface area contributed by atoms with Crippen molar-refractivity contribution in [1.82, 2.24) is 5.32 Å². The largest absolute Gasteiger partial charge is 0.384 e. The summed E-state index contributed by atoms with van der Waals surface area (Å²) in [6, 6.07) is 6.13. The van der Waals surface area contributed by atoms with Crippen LogP contribution in [-0.2, 0) is 5.60 Å². The van der Waals surface area contributed by atoms with E-state index in [1.165, 1.54) is 6.07 Å². The summed E-state index contributed by atoms with van der Waals surface area (Å²) in [5.74, 6) is -0.368. The van der Waals surface area contributed by atoms with Gasteiger partial charge in [-0.15, -0.1) is 0 Å². The number of halogens is 1. The van der Waals surface area contributed by atoms with Crippen molar-refractivity contribution in [2.45, 2.75) is 32.4 Å². The van der Waals surface area contributed by atoms with Gasteiger partial charge in [0.2, 0.25) is 0 Å². The van der Waals surface area contributed by atoms with Crippen LogP contribution in [0.25, 0.3) is 0 Å². The van der Waals surface area contributed by atoms with Gasteiger partial charge in [0.25, 0.3) is 0 Å². The third-order valence-corrected chi connectivity index (χ3v) is 2.77. The molecule has 0 aliphatic heterocycles. The van der Waals surface area contributed by atoms with Gasteiger partial charge >= 0.3 is 0 Å².